The molecule has 24 heavy (non-hydrogen) atoms. The Morgan fingerprint density at radius 2 is 1.96 bits per heavy atom. The van der Waals surface area contributed by atoms with E-state index in [-0.39, 0.29) is 18.1 Å². The van der Waals surface area contributed by atoms with E-state index in [1.807, 2.05) is 12.1 Å². The SMILES string of the molecule is Cl.Nc1cccc2c1CCCN2CCOc1ccc([N+](=O)[O-])cc1. The molecule has 0 radical (unpaired) electrons. The first kappa shape index (κ1) is 17.9. The van der Waals surface area contributed by atoms with Gasteiger partial charge in [0.05, 0.1) is 11.5 Å². The number of anilines is 2. The summed E-state index contributed by atoms with van der Waals surface area (Å²) in [6.07, 6.45) is 2.10. The van der Waals surface area contributed by atoms with Crippen molar-refractivity contribution in [1.29, 1.82) is 0 Å². The zero-order chi connectivity index (χ0) is 16.2. The van der Waals surface area contributed by atoms with Gasteiger partial charge in [-0.3, -0.25) is 10.1 Å². The fourth-order valence-electron chi connectivity index (χ4n) is 2.90. The van der Waals surface area contributed by atoms with Gasteiger partial charge >= 0.3 is 0 Å². The smallest absolute Gasteiger partial charge is 0.269 e. The number of nitro groups is 1. The van der Waals surface area contributed by atoms with E-state index in [2.05, 4.69) is 11.0 Å². The molecule has 0 aromatic heterocycles. The molecule has 0 spiro atoms. The minimum absolute atomic E-state index is 0. The monoisotopic (exact) mass is 349 g/mol. The molecule has 128 valence electrons. The van der Waals surface area contributed by atoms with Crippen LogP contribution in [0.4, 0.5) is 17.1 Å². The van der Waals surface area contributed by atoms with Gasteiger partial charge < -0.3 is 15.4 Å². The number of fused-ring (bicyclic) bond motifs is 1. The molecule has 0 bridgehead atoms. The molecule has 7 heteroatoms. The lowest BCUT2D eigenvalue weighted by atomic mass is 10.00. The molecule has 1 aliphatic heterocycles. The second-order valence-electron chi connectivity index (χ2n) is 5.53. The topological polar surface area (TPSA) is 81.6 Å². The second-order valence-corrected chi connectivity index (χ2v) is 5.53. The highest BCUT2D eigenvalue weighted by atomic mass is 35.5. The van der Waals surface area contributed by atoms with Gasteiger partial charge in [0.1, 0.15) is 12.4 Å². The fraction of sp³-hybridized carbons (Fsp3) is 0.294. The summed E-state index contributed by atoms with van der Waals surface area (Å²) in [6, 6.07) is 12.2. The first-order chi connectivity index (χ1) is 11.1. The maximum Gasteiger partial charge on any atom is 0.269 e. The number of nitrogens with zero attached hydrogens (tertiary/aromatic N) is 2. The number of hydrogen-bond donors (Lipinski definition) is 1. The molecule has 0 unspecified atom stereocenters. The van der Waals surface area contributed by atoms with Gasteiger partial charge in [-0.05, 0) is 42.7 Å². The summed E-state index contributed by atoms with van der Waals surface area (Å²) in [4.78, 5) is 12.5. The molecule has 1 heterocycles. The molecule has 2 aromatic rings. The number of non-ortho nitro benzene ring substituents is 1. The second kappa shape index (κ2) is 7.88. The fourth-order valence-corrected chi connectivity index (χ4v) is 2.90. The molecule has 6 nitrogen and oxygen atoms in total. The maximum atomic E-state index is 10.6. The predicted octanol–water partition coefficient (Wildman–Crippen LogP) is 3.43. The molecule has 0 atom stereocenters. The number of ether oxygens (including phenoxy) is 1. The summed E-state index contributed by atoms with van der Waals surface area (Å²) in [5, 5.41) is 10.6. The maximum absolute atomic E-state index is 10.6. The molecule has 2 N–H and O–H groups in total. The number of halogens is 1. The van der Waals surface area contributed by atoms with Gasteiger partial charge in [0.2, 0.25) is 0 Å². The number of rotatable bonds is 5. The van der Waals surface area contributed by atoms with E-state index in [9.17, 15) is 10.1 Å². The van der Waals surface area contributed by atoms with Crippen LogP contribution in [0, 0.1) is 10.1 Å². The van der Waals surface area contributed by atoms with Crippen molar-refractivity contribution >= 4 is 29.5 Å². The summed E-state index contributed by atoms with van der Waals surface area (Å²) >= 11 is 0. The Labute approximate surface area is 146 Å². The van der Waals surface area contributed by atoms with Crippen molar-refractivity contribution in [2.24, 2.45) is 0 Å². The minimum atomic E-state index is -0.418. The van der Waals surface area contributed by atoms with Crippen LogP contribution in [-0.2, 0) is 6.42 Å². The number of nitro benzene ring substituents is 1. The first-order valence-electron chi connectivity index (χ1n) is 7.65. The van der Waals surface area contributed by atoms with Crippen molar-refractivity contribution in [2.45, 2.75) is 12.8 Å². The zero-order valence-corrected chi connectivity index (χ0v) is 14.0. The standard InChI is InChI=1S/C17H19N3O3.ClH/c18-16-4-1-5-17-15(16)3-2-10-19(17)11-12-23-14-8-6-13(7-9-14)20(21)22;/h1,4-9H,2-3,10-12,18H2;1H. The molecule has 1 aliphatic rings. The molecular weight excluding hydrogens is 330 g/mol. The van der Waals surface area contributed by atoms with E-state index < -0.39 is 4.92 Å². The van der Waals surface area contributed by atoms with Crippen molar-refractivity contribution in [1.82, 2.24) is 0 Å². The lowest BCUT2D eigenvalue weighted by Crippen LogP contribution is -2.33. The predicted molar refractivity (Wildman–Crippen MR) is 97.2 cm³/mol. The van der Waals surface area contributed by atoms with Gasteiger partial charge in [-0.2, -0.15) is 0 Å². The van der Waals surface area contributed by atoms with Crippen molar-refractivity contribution in [3.05, 3.63) is 58.1 Å². The number of nitrogens with two attached hydrogens (primary N) is 1. The van der Waals surface area contributed by atoms with E-state index in [0.29, 0.717) is 12.4 Å². The summed E-state index contributed by atoms with van der Waals surface area (Å²) in [5.41, 5.74) is 9.37. The van der Waals surface area contributed by atoms with E-state index in [1.165, 1.54) is 23.4 Å². The van der Waals surface area contributed by atoms with Gasteiger partial charge in [-0.1, -0.05) is 6.07 Å². The highest BCUT2D eigenvalue weighted by Gasteiger charge is 2.18. The Balaban J connectivity index is 0.00000208. The molecular formula is C17H20ClN3O3. The third-order valence-electron chi connectivity index (χ3n) is 4.06. The van der Waals surface area contributed by atoms with Crippen LogP contribution in [0.15, 0.2) is 42.5 Å². The largest absolute Gasteiger partial charge is 0.492 e. The van der Waals surface area contributed by atoms with Gasteiger partial charge in [-0.15, -0.1) is 12.4 Å². The molecule has 0 saturated heterocycles. The summed E-state index contributed by atoms with van der Waals surface area (Å²) in [7, 11) is 0. The highest BCUT2D eigenvalue weighted by molar-refractivity contribution is 5.85. The van der Waals surface area contributed by atoms with Crippen LogP contribution in [0.3, 0.4) is 0 Å². The van der Waals surface area contributed by atoms with E-state index in [4.69, 9.17) is 10.5 Å². The van der Waals surface area contributed by atoms with Gasteiger partial charge in [0.15, 0.2) is 0 Å². The Bertz CT molecular complexity index is 707. The van der Waals surface area contributed by atoms with Crippen molar-refractivity contribution < 1.29 is 9.66 Å². The van der Waals surface area contributed by atoms with Crippen LogP contribution in [0.1, 0.15) is 12.0 Å². The molecule has 2 aromatic carbocycles. The van der Waals surface area contributed by atoms with Crippen LogP contribution < -0.4 is 15.4 Å². The number of nitrogen functional groups attached to an aromatic ring is 1. The van der Waals surface area contributed by atoms with Gasteiger partial charge in [-0.25, -0.2) is 0 Å². The van der Waals surface area contributed by atoms with Crippen LogP contribution >= 0.6 is 12.4 Å². The average molecular weight is 350 g/mol. The van der Waals surface area contributed by atoms with Crippen LogP contribution in [0.25, 0.3) is 0 Å². The Morgan fingerprint density at radius 3 is 2.67 bits per heavy atom. The Morgan fingerprint density at radius 1 is 1.21 bits per heavy atom. The van der Waals surface area contributed by atoms with E-state index >= 15 is 0 Å². The normalized spacial score (nSPS) is 12.9. The van der Waals surface area contributed by atoms with Crippen molar-refractivity contribution in [3.63, 3.8) is 0 Å². The van der Waals surface area contributed by atoms with Crippen molar-refractivity contribution in [2.75, 3.05) is 30.3 Å². The molecule has 0 aliphatic carbocycles. The molecule has 0 amide bonds. The van der Waals surface area contributed by atoms with Crippen LogP contribution in [-0.4, -0.2) is 24.6 Å². The third-order valence-corrected chi connectivity index (χ3v) is 4.06. The first-order valence-corrected chi connectivity index (χ1v) is 7.65. The summed E-state index contributed by atoms with van der Waals surface area (Å²) in [6.45, 7) is 2.26. The lowest BCUT2D eigenvalue weighted by Gasteiger charge is -2.31. The Hall–Kier alpha value is -2.47. The summed E-state index contributed by atoms with van der Waals surface area (Å²) in [5.74, 6) is 0.639. The van der Waals surface area contributed by atoms with Crippen LogP contribution in [0.2, 0.25) is 0 Å². The van der Waals surface area contributed by atoms with E-state index in [1.54, 1.807) is 12.1 Å². The van der Waals surface area contributed by atoms with E-state index in [0.717, 1.165) is 31.6 Å². The average Bonchev–Trinajstić information content (AvgIpc) is 2.56. The van der Waals surface area contributed by atoms with Gasteiger partial charge in [0, 0.05) is 30.1 Å². The van der Waals surface area contributed by atoms with Crippen LogP contribution in [0.5, 0.6) is 5.75 Å². The Kier molecular flexibility index (Phi) is 5.87. The number of benzene rings is 2. The highest BCUT2D eigenvalue weighted by Crippen LogP contribution is 2.31. The quantitative estimate of drug-likeness (QED) is 0.508. The lowest BCUT2D eigenvalue weighted by molar-refractivity contribution is -0.384. The van der Waals surface area contributed by atoms with Gasteiger partial charge in [0.25, 0.3) is 5.69 Å². The molecule has 3 rings (SSSR count). The van der Waals surface area contributed by atoms with Crippen molar-refractivity contribution in [3.8, 4) is 5.75 Å². The summed E-state index contributed by atoms with van der Waals surface area (Å²) < 4.78 is 5.69. The number of hydrogen-bond acceptors (Lipinski definition) is 5. The minimum Gasteiger partial charge on any atom is -0.492 e. The molecule has 0 fully saturated rings. The molecule has 0 saturated carbocycles. The third kappa shape index (κ3) is 3.89. The zero-order valence-electron chi connectivity index (χ0n) is 13.2.